The van der Waals surface area contributed by atoms with Gasteiger partial charge in [-0.3, -0.25) is 19.2 Å². The van der Waals surface area contributed by atoms with Gasteiger partial charge >= 0.3 is 0 Å². The van der Waals surface area contributed by atoms with Crippen LogP contribution in [0.2, 0.25) is 0 Å². The van der Waals surface area contributed by atoms with Gasteiger partial charge in [-0.25, -0.2) is 0 Å². The number of hydrogen-bond acceptors (Lipinski definition) is 6. The van der Waals surface area contributed by atoms with Crippen LogP contribution in [0.4, 0.5) is 5.69 Å². The second kappa shape index (κ2) is 14.6. The summed E-state index contributed by atoms with van der Waals surface area (Å²) in [5.41, 5.74) is 4.05. The zero-order valence-corrected chi connectivity index (χ0v) is 26.7. The van der Waals surface area contributed by atoms with Gasteiger partial charge in [0.15, 0.2) is 0 Å². The lowest BCUT2D eigenvalue weighted by atomic mass is 9.94. The fourth-order valence-corrected chi connectivity index (χ4v) is 6.23. The summed E-state index contributed by atoms with van der Waals surface area (Å²) < 4.78 is 13.9. The minimum Gasteiger partial charge on any atom is -0.494 e. The standard InChI is InChI=1S/C37H43N5O4/c1-26(2)28-14-16-32(17-15-28)42-35(43)22-27-12-18-33(19-13-27)45-21-7-20-41-24-31(39-40-41)25-46-34-11-6-8-29(23-34)36(42)37(44)38-30-9-4-3-5-10-30/h6,8,11-19,23-24,26,30,36H,3-5,7,9-10,20-22,25H2,1-2H3,(H,38,44). The summed E-state index contributed by atoms with van der Waals surface area (Å²) in [5, 5.41) is 11.8. The Morgan fingerprint density at radius 3 is 2.46 bits per heavy atom. The molecular weight excluding hydrogens is 578 g/mol. The second-order valence-electron chi connectivity index (χ2n) is 12.6. The average Bonchev–Trinajstić information content (AvgIpc) is 3.53. The first-order chi connectivity index (χ1) is 22.4. The first-order valence-electron chi connectivity index (χ1n) is 16.5. The molecule has 1 aliphatic carbocycles. The normalized spacial score (nSPS) is 18.1. The maximum absolute atomic E-state index is 14.4. The Morgan fingerprint density at radius 1 is 0.913 bits per heavy atom. The van der Waals surface area contributed by atoms with E-state index in [1.807, 2.05) is 79.0 Å². The molecule has 0 saturated heterocycles. The summed E-state index contributed by atoms with van der Waals surface area (Å²) >= 11 is 0. The highest BCUT2D eigenvalue weighted by Gasteiger charge is 2.34. The molecular formula is C37H43N5O4. The van der Waals surface area contributed by atoms with Crippen molar-refractivity contribution < 1.29 is 19.1 Å². The molecule has 3 aromatic carbocycles. The molecule has 6 bridgehead atoms. The third-order valence-corrected chi connectivity index (χ3v) is 8.79. The van der Waals surface area contributed by atoms with Gasteiger partial charge in [0, 0.05) is 24.7 Å². The Labute approximate surface area is 270 Å². The van der Waals surface area contributed by atoms with Crippen molar-refractivity contribution in [3.05, 3.63) is 101 Å². The Hall–Kier alpha value is -4.66. The van der Waals surface area contributed by atoms with Gasteiger partial charge < -0.3 is 14.8 Å². The molecule has 0 radical (unpaired) electrons. The van der Waals surface area contributed by atoms with Gasteiger partial charge in [0.1, 0.15) is 29.8 Å². The number of ether oxygens (including phenoxy) is 2. The number of carbonyl (C=O) groups is 2. The maximum Gasteiger partial charge on any atom is 0.248 e. The lowest BCUT2D eigenvalue weighted by molar-refractivity contribution is -0.127. The molecule has 2 amide bonds. The number of aryl methyl sites for hydroxylation is 1. The number of aromatic nitrogens is 3. The fourth-order valence-electron chi connectivity index (χ4n) is 6.23. The number of nitrogens with zero attached hydrogens (tertiary/aromatic N) is 4. The van der Waals surface area contributed by atoms with E-state index in [9.17, 15) is 9.59 Å². The highest BCUT2D eigenvalue weighted by molar-refractivity contribution is 6.02. The lowest BCUT2D eigenvalue weighted by Gasteiger charge is -2.34. The zero-order valence-electron chi connectivity index (χ0n) is 26.7. The average molecular weight is 622 g/mol. The number of nitrogens with one attached hydrogen (secondary N) is 1. The summed E-state index contributed by atoms with van der Waals surface area (Å²) in [6.45, 7) is 5.70. The van der Waals surface area contributed by atoms with Crippen molar-refractivity contribution in [3.8, 4) is 11.5 Å². The third kappa shape index (κ3) is 7.76. The summed E-state index contributed by atoms with van der Waals surface area (Å²) in [6.07, 6.45) is 7.99. The Morgan fingerprint density at radius 2 is 1.70 bits per heavy atom. The van der Waals surface area contributed by atoms with Crippen molar-refractivity contribution >= 4 is 17.5 Å². The van der Waals surface area contributed by atoms with Crippen molar-refractivity contribution in [2.45, 2.75) is 89.9 Å². The van der Waals surface area contributed by atoms with E-state index < -0.39 is 6.04 Å². The molecule has 2 aliphatic heterocycles. The highest BCUT2D eigenvalue weighted by atomic mass is 16.5. The van der Waals surface area contributed by atoms with Crippen LogP contribution in [0.25, 0.3) is 0 Å². The Balaban J connectivity index is 1.42. The van der Waals surface area contributed by atoms with Gasteiger partial charge in [-0.1, -0.05) is 74.7 Å². The largest absolute Gasteiger partial charge is 0.494 e. The van der Waals surface area contributed by atoms with E-state index in [0.717, 1.165) is 49.0 Å². The van der Waals surface area contributed by atoms with Crippen molar-refractivity contribution in [2.75, 3.05) is 11.5 Å². The molecule has 3 heterocycles. The molecule has 240 valence electrons. The summed E-state index contributed by atoms with van der Waals surface area (Å²) in [5.74, 6) is 1.29. The number of anilines is 1. The van der Waals surface area contributed by atoms with E-state index in [4.69, 9.17) is 9.47 Å². The van der Waals surface area contributed by atoms with Crippen molar-refractivity contribution in [2.24, 2.45) is 0 Å². The van der Waals surface area contributed by atoms with Gasteiger partial charge in [-0.2, -0.15) is 0 Å². The molecule has 0 spiro atoms. The quantitative estimate of drug-likeness (QED) is 0.278. The van der Waals surface area contributed by atoms with Gasteiger partial charge in [0.2, 0.25) is 11.8 Å². The third-order valence-electron chi connectivity index (χ3n) is 8.79. The monoisotopic (exact) mass is 621 g/mol. The molecule has 1 N–H and O–H groups in total. The Bertz CT molecular complexity index is 1610. The van der Waals surface area contributed by atoms with Gasteiger partial charge in [0.05, 0.1) is 19.2 Å². The van der Waals surface area contributed by atoms with E-state index >= 15 is 0 Å². The van der Waals surface area contributed by atoms with Crippen molar-refractivity contribution in [3.63, 3.8) is 0 Å². The van der Waals surface area contributed by atoms with Crippen LogP contribution < -0.4 is 19.7 Å². The SMILES string of the molecule is CC(C)c1ccc(N2C(=O)Cc3ccc(cc3)OCCCn3cc(nn3)COc3cccc(c3)C2C(=O)NC2CCCCC2)cc1. The van der Waals surface area contributed by atoms with Gasteiger partial charge in [0.25, 0.3) is 0 Å². The van der Waals surface area contributed by atoms with E-state index in [1.165, 1.54) is 6.42 Å². The smallest absolute Gasteiger partial charge is 0.248 e. The lowest BCUT2D eigenvalue weighted by Crippen LogP contribution is -2.47. The van der Waals surface area contributed by atoms with Crippen LogP contribution in [0, 0.1) is 0 Å². The molecule has 46 heavy (non-hydrogen) atoms. The van der Waals surface area contributed by atoms with Crippen LogP contribution in [0.5, 0.6) is 11.5 Å². The summed E-state index contributed by atoms with van der Waals surface area (Å²) in [6, 6.07) is 22.3. The predicted octanol–water partition coefficient (Wildman–Crippen LogP) is 6.53. The zero-order chi connectivity index (χ0) is 31.9. The number of amides is 2. The number of carbonyl (C=O) groups excluding carboxylic acids is 2. The Kier molecular flexibility index (Phi) is 9.96. The molecule has 9 nitrogen and oxygen atoms in total. The number of rotatable bonds is 4. The second-order valence-corrected chi connectivity index (χ2v) is 12.6. The maximum atomic E-state index is 14.4. The van der Waals surface area contributed by atoms with E-state index in [0.29, 0.717) is 41.8 Å². The molecule has 1 aromatic heterocycles. The first kappa shape index (κ1) is 31.3. The van der Waals surface area contributed by atoms with Crippen LogP contribution in [0.15, 0.2) is 79.0 Å². The predicted molar refractivity (Wildman–Crippen MR) is 177 cm³/mol. The number of hydrogen-bond donors (Lipinski definition) is 1. The minimum absolute atomic E-state index is 0.0807. The van der Waals surface area contributed by atoms with Gasteiger partial charge in [-0.15, -0.1) is 5.10 Å². The molecule has 7 rings (SSSR count). The van der Waals surface area contributed by atoms with Crippen LogP contribution in [-0.2, 0) is 29.2 Å². The molecule has 1 saturated carbocycles. The van der Waals surface area contributed by atoms with E-state index in [-0.39, 0.29) is 30.9 Å². The number of fused-ring (bicyclic) bond motifs is 9. The van der Waals surface area contributed by atoms with Crippen LogP contribution >= 0.6 is 0 Å². The van der Waals surface area contributed by atoms with Crippen LogP contribution in [0.3, 0.4) is 0 Å². The molecule has 9 heteroatoms. The molecule has 1 atom stereocenters. The molecule has 1 unspecified atom stereocenters. The van der Waals surface area contributed by atoms with Crippen LogP contribution in [0.1, 0.15) is 86.7 Å². The summed E-state index contributed by atoms with van der Waals surface area (Å²) in [4.78, 5) is 30.5. The minimum atomic E-state index is -0.906. The van der Waals surface area contributed by atoms with E-state index in [2.05, 4.69) is 29.5 Å². The van der Waals surface area contributed by atoms with Gasteiger partial charge in [-0.05, 0) is 71.8 Å². The fraction of sp³-hybridized carbons (Fsp3) is 0.405. The van der Waals surface area contributed by atoms with Crippen LogP contribution in [-0.4, -0.2) is 39.5 Å². The molecule has 3 aliphatic rings. The molecule has 1 fully saturated rings. The highest BCUT2D eigenvalue weighted by Crippen LogP contribution is 2.33. The molecule has 4 aromatic rings. The topological polar surface area (TPSA) is 98.6 Å². The van der Waals surface area contributed by atoms with Crippen molar-refractivity contribution in [1.82, 2.24) is 20.3 Å². The summed E-state index contributed by atoms with van der Waals surface area (Å²) in [7, 11) is 0. The van der Waals surface area contributed by atoms with E-state index in [1.54, 1.807) is 9.58 Å². The van der Waals surface area contributed by atoms with Crippen molar-refractivity contribution in [1.29, 1.82) is 0 Å². The first-order valence-corrected chi connectivity index (χ1v) is 16.5. The number of benzene rings is 3.